The third-order valence-corrected chi connectivity index (χ3v) is 3.98. The van der Waals surface area contributed by atoms with E-state index in [9.17, 15) is 22.8 Å². The zero-order valence-electron chi connectivity index (χ0n) is 16.4. The molecule has 1 amide bonds. The van der Waals surface area contributed by atoms with Crippen molar-refractivity contribution in [1.82, 2.24) is 5.32 Å². The van der Waals surface area contributed by atoms with Crippen LogP contribution in [0.3, 0.4) is 0 Å². The number of rotatable bonds is 7. The molecule has 0 unspecified atom stereocenters. The van der Waals surface area contributed by atoms with E-state index in [0.717, 1.165) is 12.1 Å². The minimum atomic E-state index is -4.92. The Morgan fingerprint density at radius 1 is 1.06 bits per heavy atom. The molecule has 0 saturated carbocycles. The summed E-state index contributed by atoms with van der Waals surface area (Å²) in [6.45, 7) is 2.32. The van der Waals surface area contributed by atoms with Crippen molar-refractivity contribution in [3.63, 3.8) is 0 Å². The van der Waals surface area contributed by atoms with Crippen molar-refractivity contribution in [2.24, 2.45) is 0 Å². The predicted octanol–water partition coefficient (Wildman–Crippen LogP) is 4.92. The molecule has 0 spiro atoms. The quantitative estimate of drug-likeness (QED) is 0.671. The number of ether oxygens (including phenoxy) is 3. The van der Waals surface area contributed by atoms with Crippen LogP contribution in [0.2, 0.25) is 0 Å². The highest BCUT2D eigenvalue weighted by Crippen LogP contribution is 2.32. The minimum Gasteiger partial charge on any atom is -0.494 e. The third-order valence-electron chi connectivity index (χ3n) is 3.98. The molecule has 1 aliphatic rings. The van der Waals surface area contributed by atoms with Gasteiger partial charge >= 0.3 is 6.36 Å². The molecule has 1 N–H and O–H groups in total. The van der Waals surface area contributed by atoms with Crippen molar-refractivity contribution >= 4 is 11.7 Å². The highest BCUT2D eigenvalue weighted by atomic mass is 19.4. The van der Waals surface area contributed by atoms with Crippen LogP contribution < -0.4 is 19.5 Å². The van der Waals surface area contributed by atoms with Gasteiger partial charge in [-0.1, -0.05) is 6.08 Å². The summed E-state index contributed by atoms with van der Waals surface area (Å²) in [5.74, 6) is -0.600. The van der Waals surface area contributed by atoms with E-state index in [1.807, 2.05) is 6.92 Å². The van der Waals surface area contributed by atoms with Crippen molar-refractivity contribution < 1.29 is 37.0 Å². The molecule has 0 aliphatic heterocycles. The number of nitrogens with one attached hydrogen (secondary N) is 1. The number of carbonyl (C=O) groups excluding carboxylic acids is 2. The monoisotopic (exact) mass is 433 g/mol. The number of alkyl halides is 3. The molecule has 162 valence electrons. The number of amides is 1. The molecule has 0 radical (unpaired) electrons. The zero-order valence-corrected chi connectivity index (χ0v) is 16.4. The van der Waals surface area contributed by atoms with Gasteiger partial charge in [-0.15, -0.1) is 13.2 Å². The number of hydrogen-bond acceptors (Lipinski definition) is 5. The summed E-state index contributed by atoms with van der Waals surface area (Å²) in [6.07, 6.45) is -0.381. The number of benzene rings is 2. The molecular formula is C22H18F3NO5. The summed E-state index contributed by atoms with van der Waals surface area (Å²) in [7, 11) is 0. The molecule has 1 aliphatic carbocycles. The minimum absolute atomic E-state index is 0.00269. The Balaban J connectivity index is 1.89. The van der Waals surface area contributed by atoms with E-state index >= 15 is 0 Å². The molecule has 0 atom stereocenters. The van der Waals surface area contributed by atoms with Gasteiger partial charge in [-0.25, -0.2) is 0 Å². The Morgan fingerprint density at radius 2 is 1.74 bits per heavy atom. The van der Waals surface area contributed by atoms with Gasteiger partial charge in [-0.2, -0.15) is 0 Å². The maximum absolute atomic E-state index is 12.8. The van der Waals surface area contributed by atoms with E-state index in [0.29, 0.717) is 18.1 Å². The molecule has 31 heavy (non-hydrogen) atoms. The summed E-state index contributed by atoms with van der Waals surface area (Å²) in [5.41, 5.74) is 0.0124. The smallest absolute Gasteiger partial charge is 0.494 e. The van der Waals surface area contributed by atoms with Crippen LogP contribution >= 0.6 is 0 Å². The molecule has 0 aromatic heterocycles. The number of allylic oxidation sites excluding steroid dienone is 3. The van der Waals surface area contributed by atoms with E-state index in [1.165, 1.54) is 18.2 Å². The van der Waals surface area contributed by atoms with E-state index in [4.69, 9.17) is 9.47 Å². The average molecular weight is 433 g/mol. The molecule has 6 nitrogen and oxygen atoms in total. The summed E-state index contributed by atoms with van der Waals surface area (Å²) >= 11 is 0. The zero-order chi connectivity index (χ0) is 22.4. The van der Waals surface area contributed by atoms with Crippen molar-refractivity contribution in [3.8, 4) is 23.0 Å². The summed E-state index contributed by atoms with van der Waals surface area (Å²) in [5, 5.41) is 2.49. The third kappa shape index (κ3) is 6.36. The van der Waals surface area contributed by atoms with Crippen molar-refractivity contribution in [2.45, 2.75) is 19.7 Å². The molecule has 0 heterocycles. The average Bonchev–Trinajstić information content (AvgIpc) is 2.69. The van der Waals surface area contributed by atoms with Crippen LogP contribution in [-0.2, 0) is 4.79 Å². The van der Waals surface area contributed by atoms with Gasteiger partial charge in [0.1, 0.15) is 23.0 Å². The van der Waals surface area contributed by atoms with Gasteiger partial charge in [-0.3, -0.25) is 9.59 Å². The summed E-state index contributed by atoms with van der Waals surface area (Å²) < 4.78 is 52.8. The lowest BCUT2D eigenvalue weighted by Gasteiger charge is -2.15. The first-order valence-electron chi connectivity index (χ1n) is 9.26. The highest BCUT2D eigenvalue weighted by Gasteiger charge is 2.31. The second kappa shape index (κ2) is 9.38. The molecular weight excluding hydrogens is 415 g/mol. The Hall–Kier alpha value is -3.75. The fraction of sp³-hybridized carbons (Fsp3) is 0.182. The lowest BCUT2D eigenvalue weighted by Crippen LogP contribution is -2.24. The molecule has 2 aromatic rings. The Labute approximate surface area is 175 Å². The van der Waals surface area contributed by atoms with Crippen LogP contribution in [0.5, 0.6) is 23.0 Å². The van der Waals surface area contributed by atoms with Gasteiger partial charge in [0.05, 0.1) is 12.2 Å². The van der Waals surface area contributed by atoms with Crippen LogP contribution in [0.1, 0.15) is 23.7 Å². The van der Waals surface area contributed by atoms with E-state index < -0.39 is 18.0 Å². The molecule has 0 fully saturated rings. The molecule has 0 saturated heterocycles. The van der Waals surface area contributed by atoms with E-state index in [1.54, 1.807) is 30.3 Å². The van der Waals surface area contributed by atoms with Crippen LogP contribution in [-0.4, -0.2) is 24.7 Å². The number of ketones is 1. The Bertz CT molecular complexity index is 1030. The molecule has 2 aromatic carbocycles. The van der Waals surface area contributed by atoms with E-state index in [-0.39, 0.29) is 29.2 Å². The molecule has 0 bridgehead atoms. The Morgan fingerprint density at radius 3 is 2.39 bits per heavy atom. The first-order valence-corrected chi connectivity index (χ1v) is 9.26. The first kappa shape index (κ1) is 21.9. The van der Waals surface area contributed by atoms with Gasteiger partial charge in [0, 0.05) is 18.2 Å². The van der Waals surface area contributed by atoms with Gasteiger partial charge in [0.2, 0.25) is 0 Å². The van der Waals surface area contributed by atoms with Gasteiger partial charge in [0.25, 0.3) is 5.91 Å². The predicted molar refractivity (Wildman–Crippen MR) is 105 cm³/mol. The largest absolute Gasteiger partial charge is 0.573 e. The number of hydrogen-bond donors (Lipinski definition) is 1. The summed E-state index contributed by atoms with van der Waals surface area (Å²) in [6, 6.07) is 9.66. The van der Waals surface area contributed by atoms with Gasteiger partial charge < -0.3 is 19.5 Å². The fourth-order valence-electron chi connectivity index (χ4n) is 2.73. The van der Waals surface area contributed by atoms with Crippen molar-refractivity contribution in [1.29, 1.82) is 0 Å². The maximum Gasteiger partial charge on any atom is 0.573 e. The van der Waals surface area contributed by atoms with Gasteiger partial charge in [-0.05, 0) is 55.5 Å². The molecule has 9 heteroatoms. The van der Waals surface area contributed by atoms with Crippen LogP contribution in [0.25, 0.3) is 0 Å². The maximum atomic E-state index is 12.8. The SMILES string of the molecule is CCOc1ccc(Oc2ccc(OC(F)(F)F)cc2C(=O)NC2=CC(=O)CC=C2)cc1. The lowest BCUT2D eigenvalue weighted by atomic mass is 10.1. The normalized spacial score (nSPS) is 13.4. The summed E-state index contributed by atoms with van der Waals surface area (Å²) in [4.78, 5) is 24.3. The highest BCUT2D eigenvalue weighted by molar-refractivity contribution is 6.00. The lowest BCUT2D eigenvalue weighted by molar-refractivity contribution is -0.274. The molecule has 3 rings (SSSR count). The van der Waals surface area contributed by atoms with Gasteiger partial charge in [0.15, 0.2) is 5.78 Å². The second-order valence-electron chi connectivity index (χ2n) is 6.34. The second-order valence-corrected chi connectivity index (χ2v) is 6.34. The van der Waals surface area contributed by atoms with Crippen molar-refractivity contribution in [2.75, 3.05) is 6.61 Å². The van der Waals surface area contributed by atoms with Crippen LogP contribution in [0, 0.1) is 0 Å². The van der Waals surface area contributed by atoms with Crippen LogP contribution in [0.15, 0.2) is 66.4 Å². The number of carbonyl (C=O) groups is 2. The van der Waals surface area contributed by atoms with Crippen LogP contribution in [0.4, 0.5) is 13.2 Å². The fourth-order valence-corrected chi connectivity index (χ4v) is 2.73. The topological polar surface area (TPSA) is 73.9 Å². The van der Waals surface area contributed by atoms with E-state index in [2.05, 4.69) is 10.1 Å². The number of halogens is 3. The van der Waals surface area contributed by atoms with Crippen molar-refractivity contribution in [3.05, 3.63) is 72.0 Å². The standard InChI is InChI=1S/C22H18F3NO5/c1-2-29-16-6-8-17(9-7-16)30-20-11-10-18(31-22(23,24)25)13-19(20)21(28)26-14-4-3-5-15(27)12-14/h3-4,6-13H,2,5H2,1H3,(H,26,28). The Kier molecular flexibility index (Phi) is 6.64. The first-order chi connectivity index (χ1) is 14.7.